The Balaban J connectivity index is 1.74. The minimum Gasteiger partial charge on any atom is -0.497 e. The Labute approximate surface area is 149 Å². The minimum absolute atomic E-state index is 0.125. The summed E-state index contributed by atoms with van der Waals surface area (Å²) in [5.41, 5.74) is 2.77. The molecule has 1 aromatic heterocycles. The van der Waals surface area contributed by atoms with Crippen molar-refractivity contribution in [1.82, 2.24) is 4.98 Å². The summed E-state index contributed by atoms with van der Waals surface area (Å²) in [5.74, 6) is 0.654. The minimum atomic E-state index is -0.125. The number of thiazole rings is 1. The van der Waals surface area contributed by atoms with Crippen molar-refractivity contribution in [3.63, 3.8) is 0 Å². The molecule has 2 aromatic carbocycles. The van der Waals surface area contributed by atoms with Gasteiger partial charge in [-0.1, -0.05) is 12.1 Å². The summed E-state index contributed by atoms with van der Waals surface area (Å²) in [6.07, 6.45) is 3.19. The molecule has 0 aliphatic rings. The van der Waals surface area contributed by atoms with E-state index < -0.39 is 0 Å². The molecule has 0 amide bonds. The van der Waals surface area contributed by atoms with Crippen LogP contribution < -0.4 is 4.74 Å². The number of hydrogen-bond donors (Lipinski definition) is 0. The molecule has 0 spiro atoms. The summed E-state index contributed by atoms with van der Waals surface area (Å²) in [5, 5.41) is 11.5. The van der Waals surface area contributed by atoms with Crippen LogP contribution in [0.2, 0.25) is 0 Å². The van der Waals surface area contributed by atoms with Gasteiger partial charge in [-0.05, 0) is 48.6 Å². The number of ether oxygens (including phenoxy) is 1. The molecule has 0 aliphatic carbocycles. The van der Waals surface area contributed by atoms with Gasteiger partial charge in [0, 0.05) is 16.5 Å². The summed E-state index contributed by atoms with van der Waals surface area (Å²) in [6.45, 7) is 0. The smallest absolute Gasteiger partial charge is 0.185 e. The van der Waals surface area contributed by atoms with Crippen molar-refractivity contribution in [3.05, 3.63) is 76.8 Å². The first kappa shape index (κ1) is 16.6. The monoisotopic (exact) mass is 346 g/mol. The van der Waals surface area contributed by atoms with Gasteiger partial charge in [0.1, 0.15) is 10.8 Å². The van der Waals surface area contributed by atoms with Crippen LogP contribution in [0.15, 0.2) is 60.0 Å². The molecular weight excluding hydrogens is 332 g/mol. The van der Waals surface area contributed by atoms with E-state index in [9.17, 15) is 4.79 Å². The zero-order valence-corrected chi connectivity index (χ0v) is 14.3. The Morgan fingerprint density at radius 3 is 2.76 bits per heavy atom. The van der Waals surface area contributed by atoms with E-state index in [0.717, 1.165) is 22.0 Å². The second kappa shape index (κ2) is 7.56. The van der Waals surface area contributed by atoms with E-state index in [0.29, 0.717) is 11.1 Å². The van der Waals surface area contributed by atoms with Crippen LogP contribution in [0.25, 0.3) is 16.6 Å². The summed E-state index contributed by atoms with van der Waals surface area (Å²) in [6, 6.07) is 16.3. The van der Waals surface area contributed by atoms with Crippen LogP contribution in [-0.4, -0.2) is 17.9 Å². The molecule has 0 N–H and O–H groups in total. The average molecular weight is 346 g/mol. The number of allylic oxidation sites excluding steroid dienone is 1. The van der Waals surface area contributed by atoms with Crippen molar-refractivity contribution in [3.8, 4) is 22.4 Å². The van der Waals surface area contributed by atoms with Crippen LogP contribution in [0.3, 0.4) is 0 Å². The number of aromatic nitrogens is 1. The van der Waals surface area contributed by atoms with Crippen LogP contribution in [-0.2, 0) is 0 Å². The Bertz CT molecular complexity index is 966. The number of benzene rings is 2. The van der Waals surface area contributed by atoms with Crippen LogP contribution in [0.4, 0.5) is 0 Å². The Hall–Kier alpha value is -3.23. The SMILES string of the molecule is COc1cccc(-c2nc(C=CC(=O)c3ccc(C#N)cc3)cs2)c1. The van der Waals surface area contributed by atoms with E-state index in [1.54, 1.807) is 37.5 Å². The number of carbonyl (C=O) groups is 1. The summed E-state index contributed by atoms with van der Waals surface area (Å²) < 4.78 is 5.23. The number of nitriles is 1. The molecule has 0 unspecified atom stereocenters. The van der Waals surface area contributed by atoms with E-state index in [1.165, 1.54) is 17.4 Å². The Kier molecular flexibility index (Phi) is 5.03. The molecule has 1 heterocycles. The number of carbonyl (C=O) groups excluding carboxylic acids is 1. The highest BCUT2D eigenvalue weighted by atomic mass is 32.1. The van der Waals surface area contributed by atoms with E-state index in [1.807, 2.05) is 35.7 Å². The molecule has 3 aromatic rings. The van der Waals surface area contributed by atoms with Gasteiger partial charge in [-0.25, -0.2) is 4.98 Å². The molecule has 0 radical (unpaired) electrons. The van der Waals surface area contributed by atoms with Crippen molar-refractivity contribution in [2.24, 2.45) is 0 Å². The highest BCUT2D eigenvalue weighted by molar-refractivity contribution is 7.13. The molecule has 25 heavy (non-hydrogen) atoms. The number of rotatable bonds is 5. The maximum atomic E-state index is 12.2. The fourth-order valence-corrected chi connectivity index (χ4v) is 3.00. The zero-order chi connectivity index (χ0) is 17.6. The van der Waals surface area contributed by atoms with Crippen molar-refractivity contribution in [1.29, 1.82) is 5.26 Å². The second-order valence-corrected chi connectivity index (χ2v) is 6.05. The molecule has 0 fully saturated rings. The maximum Gasteiger partial charge on any atom is 0.185 e. The fraction of sp³-hybridized carbons (Fsp3) is 0.0500. The first-order chi connectivity index (χ1) is 12.2. The van der Waals surface area contributed by atoms with Crippen molar-refractivity contribution >= 4 is 23.2 Å². The van der Waals surface area contributed by atoms with Crippen molar-refractivity contribution < 1.29 is 9.53 Å². The van der Waals surface area contributed by atoms with Gasteiger partial charge < -0.3 is 4.74 Å². The van der Waals surface area contributed by atoms with Gasteiger partial charge in [0.2, 0.25) is 0 Å². The van der Waals surface area contributed by atoms with Crippen LogP contribution >= 0.6 is 11.3 Å². The molecular formula is C20H14N2O2S. The van der Waals surface area contributed by atoms with Gasteiger partial charge in [-0.15, -0.1) is 11.3 Å². The lowest BCUT2D eigenvalue weighted by atomic mass is 10.1. The Morgan fingerprint density at radius 1 is 1.24 bits per heavy atom. The fourth-order valence-electron chi connectivity index (χ4n) is 2.22. The summed E-state index contributed by atoms with van der Waals surface area (Å²) in [7, 11) is 1.63. The number of ketones is 1. The molecule has 0 bridgehead atoms. The lowest BCUT2D eigenvalue weighted by Gasteiger charge is -2.00. The van der Waals surface area contributed by atoms with E-state index in [2.05, 4.69) is 4.98 Å². The molecule has 0 atom stereocenters. The average Bonchev–Trinajstić information content (AvgIpc) is 3.15. The lowest BCUT2D eigenvalue weighted by molar-refractivity contribution is 0.104. The molecule has 4 nitrogen and oxygen atoms in total. The third-order valence-electron chi connectivity index (χ3n) is 3.54. The molecule has 0 saturated heterocycles. The highest BCUT2D eigenvalue weighted by Crippen LogP contribution is 2.27. The predicted molar refractivity (Wildman–Crippen MR) is 98.6 cm³/mol. The quantitative estimate of drug-likeness (QED) is 0.501. The van der Waals surface area contributed by atoms with Crippen molar-refractivity contribution in [2.45, 2.75) is 0 Å². The largest absolute Gasteiger partial charge is 0.497 e. The highest BCUT2D eigenvalue weighted by Gasteiger charge is 2.06. The van der Waals surface area contributed by atoms with Gasteiger partial charge in [0.15, 0.2) is 5.78 Å². The molecule has 0 saturated carbocycles. The van der Waals surface area contributed by atoms with Crippen LogP contribution in [0.1, 0.15) is 21.6 Å². The third kappa shape index (κ3) is 4.00. The van der Waals surface area contributed by atoms with Crippen LogP contribution in [0, 0.1) is 11.3 Å². The maximum absolute atomic E-state index is 12.2. The van der Waals surface area contributed by atoms with E-state index in [4.69, 9.17) is 10.00 Å². The topological polar surface area (TPSA) is 63.0 Å². The first-order valence-electron chi connectivity index (χ1n) is 7.52. The molecule has 122 valence electrons. The van der Waals surface area contributed by atoms with Gasteiger partial charge >= 0.3 is 0 Å². The summed E-state index contributed by atoms with van der Waals surface area (Å²) in [4.78, 5) is 16.7. The molecule has 5 heteroatoms. The van der Waals surface area contributed by atoms with Crippen LogP contribution in [0.5, 0.6) is 5.75 Å². The third-order valence-corrected chi connectivity index (χ3v) is 4.45. The lowest BCUT2D eigenvalue weighted by Crippen LogP contribution is -1.93. The first-order valence-corrected chi connectivity index (χ1v) is 8.40. The van der Waals surface area contributed by atoms with E-state index >= 15 is 0 Å². The molecule has 0 aliphatic heterocycles. The second-order valence-electron chi connectivity index (χ2n) is 5.20. The van der Waals surface area contributed by atoms with Gasteiger partial charge in [0.25, 0.3) is 0 Å². The van der Waals surface area contributed by atoms with Gasteiger partial charge in [-0.3, -0.25) is 4.79 Å². The van der Waals surface area contributed by atoms with Crippen molar-refractivity contribution in [2.75, 3.05) is 7.11 Å². The number of nitrogens with zero attached hydrogens (tertiary/aromatic N) is 2. The zero-order valence-electron chi connectivity index (χ0n) is 13.5. The van der Waals surface area contributed by atoms with Gasteiger partial charge in [-0.2, -0.15) is 5.26 Å². The number of hydrogen-bond acceptors (Lipinski definition) is 5. The van der Waals surface area contributed by atoms with Gasteiger partial charge in [0.05, 0.1) is 24.4 Å². The van der Waals surface area contributed by atoms with E-state index in [-0.39, 0.29) is 5.78 Å². The Morgan fingerprint density at radius 2 is 2.04 bits per heavy atom. The standard InChI is InChI=1S/C20H14N2O2S/c1-24-18-4-2-3-16(11-18)20-22-17(13-25-20)9-10-19(23)15-7-5-14(12-21)6-8-15/h2-11,13H,1H3. The molecule has 3 rings (SSSR count). The normalized spacial score (nSPS) is 10.6. The number of methoxy groups -OCH3 is 1. The predicted octanol–water partition coefficient (Wildman–Crippen LogP) is 4.59. The summed E-state index contributed by atoms with van der Waals surface area (Å²) >= 11 is 1.51.